The largest absolute Gasteiger partial charge is 0.411 e. The second-order valence-corrected chi connectivity index (χ2v) is 9.39. The average Bonchev–Trinajstić information content (AvgIpc) is 3.25. The van der Waals surface area contributed by atoms with E-state index in [9.17, 15) is 14.7 Å². The molecule has 0 spiro atoms. The zero-order chi connectivity index (χ0) is 19.0. The molecule has 6 heteroatoms. The van der Waals surface area contributed by atoms with Crippen LogP contribution in [-0.4, -0.2) is 31.7 Å². The maximum atomic E-state index is 14.7. The van der Waals surface area contributed by atoms with Gasteiger partial charge in [0.15, 0.2) is 0 Å². The number of rotatable bonds is 3. The fourth-order valence-corrected chi connectivity index (χ4v) is 7.09. The Morgan fingerprint density at radius 2 is 2.04 bits per heavy atom. The highest BCUT2D eigenvalue weighted by molar-refractivity contribution is 5.90. The Morgan fingerprint density at radius 1 is 1.25 bits per heavy atom. The zero-order valence-electron chi connectivity index (χ0n) is 15.6. The number of aliphatic hydroxyl groups is 1. The molecule has 4 bridgehead atoms. The summed E-state index contributed by atoms with van der Waals surface area (Å²) in [5.74, 6) is 0.984. The van der Waals surface area contributed by atoms with Gasteiger partial charge in [0.25, 0.3) is 0 Å². The molecule has 0 amide bonds. The predicted octanol–water partition coefficient (Wildman–Crippen LogP) is 4.00. The van der Waals surface area contributed by atoms with Crippen LogP contribution in [0.15, 0.2) is 35.9 Å². The molecule has 1 aromatic carbocycles. The van der Waals surface area contributed by atoms with E-state index in [1.807, 2.05) is 10.6 Å². The number of hydrogen-bond acceptors (Lipinski definition) is 4. The number of imidazole rings is 1. The molecule has 4 atom stereocenters. The van der Waals surface area contributed by atoms with Gasteiger partial charge in [0.05, 0.1) is 36.1 Å². The van der Waals surface area contributed by atoms with E-state index in [-0.39, 0.29) is 17.3 Å². The van der Waals surface area contributed by atoms with Crippen molar-refractivity contribution in [3.63, 3.8) is 0 Å². The van der Waals surface area contributed by atoms with Crippen LogP contribution in [0.3, 0.4) is 0 Å². The van der Waals surface area contributed by atoms with Crippen molar-refractivity contribution in [2.24, 2.45) is 28.3 Å². The summed E-state index contributed by atoms with van der Waals surface area (Å²) in [6.45, 7) is 0. The Balaban J connectivity index is 1.34. The second-order valence-electron chi connectivity index (χ2n) is 9.39. The highest BCUT2D eigenvalue weighted by Gasteiger charge is 2.57. The van der Waals surface area contributed by atoms with Crippen molar-refractivity contribution in [3.8, 4) is 11.3 Å². The lowest BCUT2D eigenvalue weighted by Crippen LogP contribution is -2.56. The van der Waals surface area contributed by atoms with Gasteiger partial charge in [-0.15, -0.1) is 0 Å². The maximum Gasteiger partial charge on any atom is 0.129 e. The molecule has 4 aliphatic carbocycles. The Hall–Kier alpha value is -2.21. The number of nitrogens with zero attached hydrogens (tertiary/aromatic N) is 3. The fourth-order valence-electron chi connectivity index (χ4n) is 7.09. The summed E-state index contributed by atoms with van der Waals surface area (Å²) in [5.41, 5.74) is 3.30. The standard InChI is InChI=1S/C22H24FN3O2/c23-16-3-1-2-15-18-10-24-11-26(18)17(20(15)16)6-19(27)22-7-12-4-13(8-22)21(25-28)14(5-12)9-22/h1-3,10-14,17,19,27-28H,4-9H2. The third-order valence-electron chi connectivity index (χ3n) is 8.01. The zero-order valence-corrected chi connectivity index (χ0v) is 15.6. The van der Waals surface area contributed by atoms with Crippen LogP contribution in [0, 0.1) is 29.0 Å². The molecule has 2 heterocycles. The van der Waals surface area contributed by atoms with Crippen LogP contribution >= 0.6 is 0 Å². The van der Waals surface area contributed by atoms with Crippen molar-refractivity contribution >= 4 is 5.71 Å². The molecule has 4 fully saturated rings. The van der Waals surface area contributed by atoms with Gasteiger partial charge in [0.1, 0.15) is 5.82 Å². The van der Waals surface area contributed by atoms with E-state index < -0.39 is 6.10 Å². The minimum Gasteiger partial charge on any atom is -0.411 e. The number of aliphatic hydroxyl groups excluding tert-OH is 1. The van der Waals surface area contributed by atoms with Crippen LogP contribution in [0.4, 0.5) is 4.39 Å². The summed E-state index contributed by atoms with van der Waals surface area (Å²) in [7, 11) is 0. The summed E-state index contributed by atoms with van der Waals surface area (Å²) >= 11 is 0. The van der Waals surface area contributed by atoms with Gasteiger partial charge in [-0.2, -0.15) is 0 Å². The highest BCUT2D eigenvalue weighted by atomic mass is 19.1. The van der Waals surface area contributed by atoms with Gasteiger partial charge in [-0.1, -0.05) is 17.3 Å². The summed E-state index contributed by atoms with van der Waals surface area (Å²) in [6.07, 6.45) is 8.48. The molecular weight excluding hydrogens is 357 g/mol. The average molecular weight is 381 g/mol. The van der Waals surface area contributed by atoms with Gasteiger partial charge in [-0.25, -0.2) is 9.37 Å². The van der Waals surface area contributed by atoms with Crippen LogP contribution in [0.2, 0.25) is 0 Å². The number of halogens is 1. The third-order valence-corrected chi connectivity index (χ3v) is 8.01. The smallest absolute Gasteiger partial charge is 0.129 e. The van der Waals surface area contributed by atoms with Gasteiger partial charge in [0, 0.05) is 23.0 Å². The monoisotopic (exact) mass is 381 g/mol. The van der Waals surface area contributed by atoms with E-state index in [0.717, 1.165) is 49.1 Å². The third kappa shape index (κ3) is 2.10. The molecule has 0 radical (unpaired) electrons. The van der Waals surface area contributed by atoms with Gasteiger partial charge < -0.3 is 14.9 Å². The summed E-state index contributed by atoms with van der Waals surface area (Å²) in [4.78, 5) is 4.26. The van der Waals surface area contributed by atoms with Crippen LogP contribution in [0.25, 0.3) is 11.3 Å². The SMILES string of the molecule is ON=C1C2CC3CC1CC(C(O)CC1c4c(F)cccc4-c4cncn41)(C3)C2. The van der Waals surface area contributed by atoms with Crippen LogP contribution in [0.1, 0.15) is 50.1 Å². The molecule has 146 valence electrons. The van der Waals surface area contributed by atoms with Crippen molar-refractivity contribution in [2.45, 2.75) is 50.7 Å². The normalized spacial score (nSPS) is 35.7. The summed E-state index contributed by atoms with van der Waals surface area (Å²) in [6, 6.07) is 4.96. The first-order chi connectivity index (χ1) is 13.6. The first-order valence-electron chi connectivity index (χ1n) is 10.3. The van der Waals surface area contributed by atoms with Crippen molar-refractivity contribution < 1.29 is 14.7 Å². The topological polar surface area (TPSA) is 70.6 Å². The van der Waals surface area contributed by atoms with E-state index in [1.165, 1.54) is 6.07 Å². The first kappa shape index (κ1) is 16.7. The fraction of sp³-hybridized carbons (Fsp3) is 0.545. The molecule has 2 aromatic rings. The Morgan fingerprint density at radius 3 is 2.79 bits per heavy atom. The summed E-state index contributed by atoms with van der Waals surface area (Å²) in [5, 5.41) is 24.5. The number of hydrogen-bond donors (Lipinski definition) is 2. The van der Waals surface area contributed by atoms with E-state index in [4.69, 9.17) is 0 Å². The second kappa shape index (κ2) is 5.66. The van der Waals surface area contributed by atoms with Gasteiger partial charge >= 0.3 is 0 Å². The molecule has 1 aliphatic heterocycles. The van der Waals surface area contributed by atoms with Crippen LogP contribution < -0.4 is 0 Å². The number of oxime groups is 1. The maximum absolute atomic E-state index is 14.7. The molecule has 2 N–H and O–H groups in total. The van der Waals surface area contributed by atoms with Crippen molar-refractivity contribution in [1.82, 2.24) is 9.55 Å². The molecule has 0 saturated heterocycles. The van der Waals surface area contributed by atoms with Gasteiger partial charge in [0.2, 0.25) is 0 Å². The highest BCUT2D eigenvalue weighted by Crippen LogP contribution is 2.61. The molecule has 1 aromatic heterocycles. The van der Waals surface area contributed by atoms with Crippen molar-refractivity contribution in [3.05, 3.63) is 42.1 Å². The predicted molar refractivity (Wildman–Crippen MR) is 102 cm³/mol. The van der Waals surface area contributed by atoms with E-state index >= 15 is 0 Å². The minimum atomic E-state index is -0.508. The Bertz CT molecular complexity index is 966. The molecular formula is C22H24FN3O2. The van der Waals surface area contributed by atoms with Crippen LogP contribution in [0.5, 0.6) is 0 Å². The molecule has 4 unspecified atom stereocenters. The Labute approximate surface area is 162 Å². The van der Waals surface area contributed by atoms with E-state index in [2.05, 4.69) is 10.1 Å². The van der Waals surface area contributed by atoms with E-state index in [1.54, 1.807) is 18.6 Å². The van der Waals surface area contributed by atoms with E-state index in [0.29, 0.717) is 29.7 Å². The molecule has 5 nitrogen and oxygen atoms in total. The first-order valence-corrected chi connectivity index (χ1v) is 10.3. The quantitative estimate of drug-likeness (QED) is 0.624. The van der Waals surface area contributed by atoms with Crippen LogP contribution in [-0.2, 0) is 0 Å². The molecule has 4 saturated carbocycles. The Kier molecular flexibility index (Phi) is 3.38. The van der Waals surface area contributed by atoms with Gasteiger partial charge in [-0.3, -0.25) is 0 Å². The van der Waals surface area contributed by atoms with Crippen molar-refractivity contribution in [1.29, 1.82) is 0 Å². The van der Waals surface area contributed by atoms with Gasteiger partial charge in [-0.05, 0) is 55.9 Å². The lowest BCUT2D eigenvalue weighted by Gasteiger charge is -2.58. The summed E-state index contributed by atoms with van der Waals surface area (Å²) < 4.78 is 16.7. The lowest BCUT2D eigenvalue weighted by molar-refractivity contribution is -0.0865. The molecule has 7 rings (SSSR count). The number of aromatic nitrogens is 2. The lowest BCUT2D eigenvalue weighted by atomic mass is 9.47. The number of fused-ring (bicyclic) bond motifs is 3. The molecule has 5 aliphatic rings. The minimum absolute atomic E-state index is 0.139. The molecule has 28 heavy (non-hydrogen) atoms. The number of benzene rings is 1. The van der Waals surface area contributed by atoms with Crippen molar-refractivity contribution in [2.75, 3.05) is 0 Å².